The fourth-order valence-electron chi connectivity index (χ4n) is 2.21. The molecule has 0 aliphatic rings. The van der Waals surface area contributed by atoms with E-state index in [0.717, 1.165) is 28.7 Å². The Balaban J connectivity index is 2.23. The molecule has 0 saturated carbocycles. The lowest BCUT2D eigenvalue weighted by Gasteiger charge is -2.17. The van der Waals surface area contributed by atoms with E-state index in [9.17, 15) is 9.90 Å². The summed E-state index contributed by atoms with van der Waals surface area (Å²) in [6, 6.07) is 8.80. The van der Waals surface area contributed by atoms with Gasteiger partial charge in [0.05, 0.1) is 5.52 Å². The molecule has 1 heterocycles. The fourth-order valence-corrected chi connectivity index (χ4v) is 2.21. The lowest BCUT2D eigenvalue weighted by Crippen LogP contribution is -2.33. The zero-order chi connectivity index (χ0) is 15.4. The van der Waals surface area contributed by atoms with E-state index in [2.05, 4.69) is 10.3 Å². The van der Waals surface area contributed by atoms with E-state index in [4.69, 9.17) is 0 Å². The van der Waals surface area contributed by atoms with Gasteiger partial charge in [0, 0.05) is 24.2 Å². The molecule has 5 heteroatoms. The van der Waals surface area contributed by atoms with Crippen molar-refractivity contribution in [2.45, 2.75) is 13.0 Å². The van der Waals surface area contributed by atoms with E-state index in [1.165, 1.54) is 0 Å². The largest absolute Gasteiger partial charge is 0.480 e. The molecule has 1 unspecified atom stereocenters. The first kappa shape index (κ1) is 15.4. The molecule has 0 aliphatic heterocycles. The van der Waals surface area contributed by atoms with Crippen LogP contribution in [0, 0.1) is 6.92 Å². The number of rotatable bonds is 6. The van der Waals surface area contributed by atoms with Crippen LogP contribution in [-0.4, -0.2) is 48.1 Å². The first-order chi connectivity index (χ1) is 9.97. The second kappa shape index (κ2) is 6.65. The highest BCUT2D eigenvalue weighted by Crippen LogP contribution is 2.20. The number of hydrogen-bond acceptors (Lipinski definition) is 4. The van der Waals surface area contributed by atoms with Crippen LogP contribution in [0.3, 0.4) is 0 Å². The monoisotopic (exact) mass is 287 g/mol. The lowest BCUT2D eigenvalue weighted by atomic mass is 10.0. The van der Waals surface area contributed by atoms with Crippen molar-refractivity contribution in [1.29, 1.82) is 0 Å². The molecule has 0 fully saturated rings. The number of hydrogen-bond donors (Lipinski definition) is 2. The zero-order valence-electron chi connectivity index (χ0n) is 12.6. The number of benzene rings is 1. The second-order valence-electron chi connectivity index (χ2n) is 5.43. The van der Waals surface area contributed by atoms with Crippen molar-refractivity contribution in [3.63, 3.8) is 0 Å². The molecule has 1 aromatic heterocycles. The van der Waals surface area contributed by atoms with Gasteiger partial charge in [-0.05, 0) is 44.8 Å². The van der Waals surface area contributed by atoms with Crippen molar-refractivity contribution >= 4 is 16.9 Å². The Kier molecular flexibility index (Phi) is 4.88. The maximum absolute atomic E-state index is 11.5. The van der Waals surface area contributed by atoms with Crippen LogP contribution in [0.5, 0.6) is 0 Å². The van der Waals surface area contributed by atoms with Gasteiger partial charge in [0.25, 0.3) is 0 Å². The molecule has 21 heavy (non-hydrogen) atoms. The second-order valence-corrected chi connectivity index (χ2v) is 5.43. The molecular formula is C16H21N3O2. The minimum atomic E-state index is -0.867. The number of fused-ring (bicyclic) bond motifs is 1. The normalized spacial score (nSPS) is 12.8. The first-order valence-corrected chi connectivity index (χ1v) is 6.95. The minimum absolute atomic E-state index is 0.619. The maximum atomic E-state index is 11.5. The van der Waals surface area contributed by atoms with Gasteiger partial charge in [-0.15, -0.1) is 0 Å². The molecule has 2 N–H and O–H groups in total. The topological polar surface area (TPSA) is 65.5 Å². The fraction of sp³-hybridized carbons (Fsp3) is 0.375. The van der Waals surface area contributed by atoms with Gasteiger partial charge in [0.1, 0.15) is 6.04 Å². The van der Waals surface area contributed by atoms with E-state index in [0.29, 0.717) is 6.54 Å². The summed E-state index contributed by atoms with van der Waals surface area (Å²) in [7, 11) is 3.92. The van der Waals surface area contributed by atoms with Crippen molar-refractivity contribution in [2.75, 3.05) is 27.2 Å². The molecule has 0 amide bonds. The molecule has 1 aromatic carbocycles. The molecule has 1 atom stereocenters. The summed E-state index contributed by atoms with van der Waals surface area (Å²) in [5.41, 5.74) is 2.59. The highest BCUT2D eigenvalue weighted by molar-refractivity contribution is 5.82. The van der Waals surface area contributed by atoms with E-state index in [1.807, 2.05) is 56.3 Å². The van der Waals surface area contributed by atoms with Crippen LogP contribution in [0.15, 0.2) is 30.3 Å². The summed E-state index contributed by atoms with van der Waals surface area (Å²) >= 11 is 0. The highest BCUT2D eigenvalue weighted by Gasteiger charge is 2.19. The smallest absolute Gasteiger partial charge is 0.325 e. The number of carboxylic acids is 1. The Morgan fingerprint density at radius 2 is 2.10 bits per heavy atom. The molecule has 0 radical (unpaired) electrons. The maximum Gasteiger partial charge on any atom is 0.325 e. The molecular weight excluding hydrogens is 266 g/mol. The van der Waals surface area contributed by atoms with E-state index in [1.54, 1.807) is 0 Å². The third-order valence-corrected chi connectivity index (χ3v) is 3.34. The van der Waals surface area contributed by atoms with Gasteiger partial charge in [0.15, 0.2) is 0 Å². The van der Waals surface area contributed by atoms with Crippen molar-refractivity contribution in [3.8, 4) is 0 Å². The van der Waals surface area contributed by atoms with Gasteiger partial charge < -0.3 is 10.0 Å². The van der Waals surface area contributed by atoms with Crippen LogP contribution in [0.1, 0.15) is 17.3 Å². The molecule has 0 saturated heterocycles. The van der Waals surface area contributed by atoms with Crippen molar-refractivity contribution in [3.05, 3.63) is 41.6 Å². The van der Waals surface area contributed by atoms with Gasteiger partial charge >= 0.3 is 5.97 Å². The molecule has 0 bridgehead atoms. The average molecular weight is 287 g/mol. The molecule has 0 spiro atoms. The highest BCUT2D eigenvalue weighted by atomic mass is 16.4. The quantitative estimate of drug-likeness (QED) is 0.848. The number of aliphatic carboxylic acids is 1. The Hall–Kier alpha value is -1.98. The summed E-state index contributed by atoms with van der Waals surface area (Å²) in [5, 5.41) is 13.5. The van der Waals surface area contributed by atoms with Crippen LogP contribution in [0.4, 0.5) is 0 Å². The van der Waals surface area contributed by atoms with Gasteiger partial charge in [-0.2, -0.15) is 0 Å². The molecule has 2 rings (SSSR count). The number of nitrogens with zero attached hydrogens (tertiary/aromatic N) is 2. The zero-order valence-corrected chi connectivity index (χ0v) is 12.6. The van der Waals surface area contributed by atoms with Crippen LogP contribution in [0.2, 0.25) is 0 Å². The average Bonchev–Trinajstić information content (AvgIpc) is 2.42. The van der Waals surface area contributed by atoms with E-state index < -0.39 is 12.0 Å². The van der Waals surface area contributed by atoms with Gasteiger partial charge in [0.2, 0.25) is 0 Å². The Labute approximate surface area is 124 Å². The van der Waals surface area contributed by atoms with Crippen LogP contribution in [0.25, 0.3) is 10.9 Å². The summed E-state index contributed by atoms with van der Waals surface area (Å²) in [6.07, 6.45) is 0. The summed E-state index contributed by atoms with van der Waals surface area (Å²) < 4.78 is 0. The van der Waals surface area contributed by atoms with E-state index in [-0.39, 0.29) is 0 Å². The van der Waals surface area contributed by atoms with Crippen LogP contribution < -0.4 is 5.32 Å². The van der Waals surface area contributed by atoms with Crippen LogP contribution in [-0.2, 0) is 4.79 Å². The Morgan fingerprint density at radius 1 is 1.33 bits per heavy atom. The predicted molar refractivity (Wildman–Crippen MR) is 83.4 cm³/mol. The number of pyridine rings is 1. The number of aryl methyl sites for hydroxylation is 1. The van der Waals surface area contributed by atoms with E-state index >= 15 is 0 Å². The molecule has 112 valence electrons. The Morgan fingerprint density at radius 3 is 2.76 bits per heavy atom. The molecule has 5 nitrogen and oxygen atoms in total. The first-order valence-electron chi connectivity index (χ1n) is 6.95. The Bertz CT molecular complexity index is 640. The number of carbonyl (C=O) groups is 1. The van der Waals surface area contributed by atoms with Crippen molar-refractivity contribution < 1.29 is 9.90 Å². The number of likely N-dealkylation sites (N-methyl/N-ethyl adjacent to an activating group) is 1. The van der Waals surface area contributed by atoms with Gasteiger partial charge in [-0.25, -0.2) is 0 Å². The third-order valence-electron chi connectivity index (χ3n) is 3.34. The summed E-state index contributed by atoms with van der Waals surface area (Å²) in [6.45, 7) is 3.35. The van der Waals surface area contributed by atoms with Crippen molar-refractivity contribution in [2.24, 2.45) is 0 Å². The number of carboxylic acid groups (broad SMARTS) is 1. The third kappa shape index (κ3) is 4.00. The van der Waals surface area contributed by atoms with Crippen molar-refractivity contribution in [1.82, 2.24) is 15.2 Å². The minimum Gasteiger partial charge on any atom is -0.480 e. The molecule has 0 aliphatic carbocycles. The summed E-state index contributed by atoms with van der Waals surface area (Å²) in [4.78, 5) is 17.9. The molecule has 2 aromatic rings. The van der Waals surface area contributed by atoms with Gasteiger partial charge in [-0.3, -0.25) is 15.1 Å². The SMILES string of the molecule is Cc1ccc2cc(C(NCCN(C)C)C(=O)O)ccc2n1. The predicted octanol–water partition coefficient (Wildman–Crippen LogP) is 1.82. The standard InChI is InChI=1S/C16H21N3O2/c1-11-4-5-12-10-13(6-7-14(12)18-11)15(16(20)21)17-8-9-19(2)3/h4-7,10,15,17H,8-9H2,1-3H3,(H,20,21). The van der Waals surface area contributed by atoms with Crippen LogP contribution >= 0.6 is 0 Å². The summed E-state index contributed by atoms with van der Waals surface area (Å²) in [5.74, 6) is -0.867. The number of aromatic nitrogens is 1. The number of nitrogens with one attached hydrogen (secondary N) is 1. The lowest BCUT2D eigenvalue weighted by molar-refractivity contribution is -0.139. The van der Waals surface area contributed by atoms with Gasteiger partial charge in [-0.1, -0.05) is 12.1 Å².